The summed E-state index contributed by atoms with van der Waals surface area (Å²) in [7, 11) is 3.03. The fourth-order valence-electron chi connectivity index (χ4n) is 23.3. The van der Waals surface area contributed by atoms with Gasteiger partial charge in [-0.1, -0.05) is 140 Å². The minimum Gasteiger partial charge on any atom is -0.540 e. The molecule has 22 atom stereocenters. The molecule has 10 bridgehead atoms. The average molecular weight is 2090 g/mol. The van der Waals surface area contributed by atoms with E-state index in [1.165, 1.54) is 41.1 Å². The quantitative estimate of drug-likeness (QED) is 0.0650. The Morgan fingerprint density at radius 2 is 0.881 bits per heavy atom. The Labute approximate surface area is 869 Å². The summed E-state index contributed by atoms with van der Waals surface area (Å²) in [5.41, 5.74) is 0.884. The molecule has 771 valence electrons. The van der Waals surface area contributed by atoms with Gasteiger partial charge in [-0.3, -0.25) is 24.4 Å². The molecule has 3 radical (unpaired) electrons. The predicted molar refractivity (Wildman–Crippen MR) is 510 cm³/mol. The Morgan fingerprint density at radius 3 is 1.34 bits per heavy atom. The summed E-state index contributed by atoms with van der Waals surface area (Å²) in [6, 6.07) is 12.7. The normalized spacial score (nSPS) is 30.3. The number of ether oxygens (including phenoxy) is 9. The van der Waals surface area contributed by atoms with Crippen LogP contribution in [-0.4, -0.2) is 206 Å². The number of rotatable bonds is 10. The van der Waals surface area contributed by atoms with Crippen LogP contribution in [0, 0.1) is 75.4 Å². The van der Waals surface area contributed by atoms with Gasteiger partial charge in [-0.05, 0) is 214 Å². The molecule has 8 fully saturated rings. The van der Waals surface area contributed by atoms with Gasteiger partial charge in [0, 0.05) is 110 Å². The van der Waals surface area contributed by atoms with Crippen LogP contribution in [0.5, 0.6) is 34.9 Å². The van der Waals surface area contributed by atoms with Crippen molar-refractivity contribution in [3.8, 4) is 34.9 Å². The van der Waals surface area contributed by atoms with Crippen molar-refractivity contribution in [2.45, 2.75) is 316 Å². The molecule has 7 aromatic rings. The number of amides is 6. The van der Waals surface area contributed by atoms with Gasteiger partial charge in [0.05, 0.1) is 78.9 Å². The number of hydrogen-bond donors (Lipinski definition) is 3. The van der Waals surface area contributed by atoms with E-state index in [0.29, 0.717) is 119 Å². The number of methoxy groups -OCH3 is 2. The number of alkyl halides is 4. The zero-order valence-corrected chi connectivity index (χ0v) is 88.1. The second-order valence-corrected chi connectivity index (χ2v) is 43.5. The SMILES string of the molecule is CC[C@@H]1[C@@H]2CN(C(=O)[C@H](C(C)(C)C)NC(=O)O[C@@H]3C[C@H]3CCCCCc3nc4ccc(OCc5cnccn5)cc4nc3O2)[C@@H]1[C-]=O.CC[C@@H]1[C@@H]2CN(C(=O)[C@H](C(C)(C)C)NC(=O)O[C@@H]3[C@H]4CC[C@H](C4)[C@H]3CCCCC(F)(F)c3cc4ccc(OC)cc4nc3O2)[C@@H]1[C-]=O.COc1ccc2cc3c(nc2c1)O[C@H]1CN(C(=O)[C@H](C(C)(C)C)NC(=O)O[C@@H]2[C@H]4CC[C@H](C4)[C@H]2CCCCC3(F)F)[C@H]([C-]=O)[C@@H]1C.[V].[V].[V]. The number of aryl methyl sites for hydroxylation is 1. The molecule has 5 aliphatic carbocycles. The van der Waals surface area contributed by atoms with Gasteiger partial charge in [0.15, 0.2) is 0 Å². The average Bonchev–Trinajstić information content (AvgIpc) is 1.74. The standard InChI is InChI=1S/C36H46F2N3O6.C35H44F2N3O6.C35H43N6O6.3V/c1-6-24-28(19-42)41-18-29(24)46-32-26(16-21-12-13-23(45-5)17-27(21)39-32)36(37,38)14-8-7-9-25-20-10-11-22(15-20)30(25)47-34(44)40-31(33(41)43)35(2,3)4;1-19-27(18-41)40-17-28(19)45-31-25(15-21-11-12-23(44-5)16-26(21)38-31)35(36,37)13-7-6-8-24-20-9-10-22(14-20)29(24)46-33(43)39-30(32(40)42)34(2,3)4;1-5-24-28(19-42)41-18-30(24)46-32-26(38-25-12-11-23(16-27(25)39-32)45-20-22-17-36-13-14-37-22)10-8-6-7-9-21-15-29(21)47-34(44)40-31(33(41)43)35(2,3)4;;;/h12-13,16-17,20,22,24-25,28-31H,6-11,14-15,18H2,1-5H3,(H,40,44);11-12,15-16,19-20,22,24,27-30H,6-10,13-14,17H2,1-5H3,(H,39,43);11-14,16-17,21,24,28-31H,5-10,15,18,20H2,1-4H3,(H,40,44);;;/q3*-1;;;/t20-,22+,24+,25-,28-,29+,30-,31-;19-,20+,22-,24+,27+,28-,29+,30+;21-,24+,28-,29-,30+,31-;;;/m101.../s1. The van der Waals surface area contributed by atoms with E-state index in [2.05, 4.69) is 42.2 Å². The number of pyridine rings is 2. The summed E-state index contributed by atoms with van der Waals surface area (Å²) in [6.45, 7) is 22.5. The molecule has 18 rings (SSSR count). The van der Waals surface area contributed by atoms with E-state index in [-0.39, 0.29) is 171 Å². The number of nitrogens with zero attached hydrogens (tertiary/aromatic N) is 9. The monoisotopic (exact) mass is 2090 g/mol. The number of carbonyl (C=O) groups excluding carboxylic acids is 9. The van der Waals surface area contributed by atoms with Crippen molar-refractivity contribution in [1.82, 2.24) is 60.6 Å². The summed E-state index contributed by atoms with van der Waals surface area (Å²) in [4.78, 5) is 151. The molecule has 10 heterocycles. The second-order valence-electron chi connectivity index (χ2n) is 43.5. The van der Waals surface area contributed by atoms with Gasteiger partial charge in [0.25, 0.3) is 11.8 Å². The van der Waals surface area contributed by atoms with E-state index < -0.39 is 137 Å². The molecule has 37 heteroatoms. The topological polar surface area (TPSA) is 360 Å². The van der Waals surface area contributed by atoms with Crippen LogP contribution in [0.25, 0.3) is 32.8 Å². The smallest absolute Gasteiger partial charge is 0.408 e. The first kappa shape index (κ1) is 111. The van der Waals surface area contributed by atoms with Crippen molar-refractivity contribution >= 4 is 87.7 Å². The molecule has 30 nitrogen and oxygen atoms in total. The molecular formula is C106H133F4N12O18V3-3. The van der Waals surface area contributed by atoms with Crippen LogP contribution in [0.15, 0.2) is 85.3 Å². The number of halogens is 4. The third-order valence-corrected chi connectivity index (χ3v) is 31.2. The number of fused-ring (bicyclic) bond motifs is 23. The van der Waals surface area contributed by atoms with E-state index in [1.807, 2.05) is 107 Å². The number of benzene rings is 3. The minimum atomic E-state index is -3.25. The van der Waals surface area contributed by atoms with Crippen molar-refractivity contribution in [3.05, 3.63) is 108 Å². The molecule has 11 aliphatic rings. The van der Waals surface area contributed by atoms with Gasteiger partial charge in [-0.25, -0.2) is 70.7 Å². The minimum absolute atomic E-state index is 0. The summed E-state index contributed by atoms with van der Waals surface area (Å²) in [6.07, 6.45) is 20.6. The molecule has 6 aliphatic heterocycles. The van der Waals surface area contributed by atoms with Crippen LogP contribution >= 0.6 is 0 Å². The van der Waals surface area contributed by atoms with Gasteiger partial charge in [0.2, 0.25) is 35.4 Å². The fraction of sp³-hybridized carbons (Fsp3) is 0.632. The van der Waals surface area contributed by atoms with Crippen molar-refractivity contribution in [2.24, 2.45) is 75.4 Å². The Kier molecular flexibility index (Phi) is 35.8. The third-order valence-electron chi connectivity index (χ3n) is 31.2. The number of carbonyl (C=O) groups is 6. The first-order valence-electron chi connectivity index (χ1n) is 50.2. The van der Waals surface area contributed by atoms with E-state index in [4.69, 9.17) is 52.6 Å². The molecule has 143 heavy (non-hydrogen) atoms. The van der Waals surface area contributed by atoms with Crippen molar-refractivity contribution in [1.29, 1.82) is 0 Å². The van der Waals surface area contributed by atoms with Gasteiger partial charge in [0.1, 0.15) is 84.3 Å². The van der Waals surface area contributed by atoms with Crippen molar-refractivity contribution in [3.63, 3.8) is 0 Å². The number of hydrogen-bond acceptors (Lipinski definition) is 24. The van der Waals surface area contributed by atoms with E-state index in [0.717, 1.165) is 81.8 Å². The predicted octanol–water partition coefficient (Wildman–Crippen LogP) is 17.5. The third kappa shape index (κ3) is 24.6. The van der Waals surface area contributed by atoms with Gasteiger partial charge < -0.3 is 87.7 Å². The van der Waals surface area contributed by atoms with Crippen molar-refractivity contribution < 1.29 is 159 Å². The largest absolute Gasteiger partial charge is 0.540 e. The maximum atomic E-state index is 16.2. The van der Waals surface area contributed by atoms with Gasteiger partial charge >= 0.3 is 18.3 Å². The Bertz CT molecular complexity index is 5710. The molecular weight excluding hydrogens is 1960 g/mol. The van der Waals surface area contributed by atoms with Gasteiger partial charge in [-0.2, -0.15) is 0 Å². The molecule has 3 saturated heterocycles. The zero-order valence-electron chi connectivity index (χ0n) is 83.9. The fourth-order valence-corrected chi connectivity index (χ4v) is 23.3. The number of alkyl carbamates (subject to hydrolysis) is 3. The molecule has 0 unspecified atom stereocenters. The number of nitrogens with one attached hydrogen (secondary N) is 3. The second kappa shape index (κ2) is 46.2. The van der Waals surface area contributed by atoms with E-state index in [1.54, 1.807) is 61.9 Å². The Hall–Kier alpha value is -9.60. The summed E-state index contributed by atoms with van der Waals surface area (Å²) in [5.74, 6) is -5.95. The van der Waals surface area contributed by atoms with Crippen LogP contribution in [0.4, 0.5) is 31.9 Å². The van der Waals surface area contributed by atoms with Crippen LogP contribution in [0.1, 0.15) is 240 Å². The first-order chi connectivity index (χ1) is 66.8. The van der Waals surface area contributed by atoms with Gasteiger partial charge in [-0.15, -0.1) is 0 Å². The molecule has 5 saturated carbocycles. The summed E-state index contributed by atoms with van der Waals surface area (Å²) < 4.78 is 118. The van der Waals surface area contributed by atoms with Crippen LogP contribution < -0.4 is 44.4 Å². The van der Waals surface area contributed by atoms with E-state index in [9.17, 15) is 43.2 Å². The number of aromatic nitrogens is 6. The molecule has 3 aromatic carbocycles. The molecule has 3 N–H and O–H groups in total. The zero-order chi connectivity index (χ0) is 99.8. The first-order valence-corrected chi connectivity index (χ1v) is 50.2. The maximum Gasteiger partial charge on any atom is 0.408 e. The van der Waals surface area contributed by atoms with Crippen molar-refractivity contribution in [2.75, 3.05) is 33.9 Å². The van der Waals surface area contributed by atoms with E-state index >= 15 is 17.6 Å². The molecule has 0 spiro atoms. The summed E-state index contributed by atoms with van der Waals surface area (Å²) >= 11 is 0. The van der Waals surface area contributed by atoms with Crippen LogP contribution in [-0.2, 0) is 124 Å². The van der Waals surface area contributed by atoms with Crippen LogP contribution in [0.2, 0.25) is 0 Å². The molecule has 6 amide bonds. The molecule has 4 aromatic heterocycles. The Morgan fingerprint density at radius 1 is 0.448 bits per heavy atom. The van der Waals surface area contributed by atoms with Crippen LogP contribution in [0.3, 0.4) is 0 Å². The Balaban J connectivity index is 0.000000178. The maximum absolute atomic E-state index is 16.2. The summed E-state index contributed by atoms with van der Waals surface area (Å²) in [5, 5.41) is 9.56.